The lowest BCUT2D eigenvalue weighted by atomic mass is 9.96. The first kappa shape index (κ1) is 17.5. The van der Waals surface area contributed by atoms with Gasteiger partial charge in [0.15, 0.2) is 0 Å². The normalized spacial score (nSPS) is 21.2. The van der Waals surface area contributed by atoms with Crippen molar-refractivity contribution in [2.24, 2.45) is 5.92 Å². The molecule has 0 aromatic heterocycles. The molecule has 1 heterocycles. The maximum atomic E-state index is 12.2. The van der Waals surface area contributed by atoms with Gasteiger partial charge in [0.2, 0.25) is 5.91 Å². The van der Waals surface area contributed by atoms with Gasteiger partial charge in [0, 0.05) is 12.6 Å². The van der Waals surface area contributed by atoms with E-state index in [-0.39, 0.29) is 30.0 Å². The van der Waals surface area contributed by atoms with E-state index in [1.807, 2.05) is 0 Å². The number of nitrogens with one attached hydrogen (secondary N) is 1. The first-order chi connectivity index (χ1) is 11.0. The van der Waals surface area contributed by atoms with E-state index in [4.69, 9.17) is 4.74 Å². The third-order valence-corrected chi connectivity index (χ3v) is 4.07. The first-order valence-corrected chi connectivity index (χ1v) is 8.18. The Labute approximate surface area is 137 Å². The maximum absolute atomic E-state index is 12.2. The number of carbonyl (C=O) groups is 2. The second kappa shape index (κ2) is 8.11. The van der Waals surface area contributed by atoms with Gasteiger partial charge in [0.1, 0.15) is 0 Å². The number of benzene rings is 1. The van der Waals surface area contributed by atoms with E-state index in [0.717, 1.165) is 19.3 Å². The lowest BCUT2D eigenvalue weighted by Crippen LogP contribution is -2.43. The number of carboxylic acids is 1. The Morgan fingerprint density at radius 3 is 2.78 bits per heavy atom. The van der Waals surface area contributed by atoms with Crippen molar-refractivity contribution in [2.75, 3.05) is 6.61 Å². The maximum Gasteiger partial charge on any atom is 0.335 e. The Morgan fingerprint density at radius 2 is 2.09 bits per heavy atom. The fourth-order valence-electron chi connectivity index (χ4n) is 3.04. The quantitative estimate of drug-likeness (QED) is 0.845. The van der Waals surface area contributed by atoms with Crippen LogP contribution in [0.2, 0.25) is 0 Å². The highest BCUT2D eigenvalue weighted by Gasteiger charge is 2.24. The van der Waals surface area contributed by atoms with Gasteiger partial charge in [-0.3, -0.25) is 4.79 Å². The summed E-state index contributed by atoms with van der Waals surface area (Å²) >= 11 is 0. The Bertz CT molecular complexity index is 556. The summed E-state index contributed by atoms with van der Waals surface area (Å²) < 4.78 is 5.74. The topological polar surface area (TPSA) is 75.6 Å². The van der Waals surface area contributed by atoms with Gasteiger partial charge >= 0.3 is 5.97 Å². The summed E-state index contributed by atoms with van der Waals surface area (Å²) in [6.45, 7) is 4.98. The van der Waals surface area contributed by atoms with E-state index in [9.17, 15) is 14.7 Å². The van der Waals surface area contributed by atoms with Crippen LogP contribution in [0.1, 0.15) is 49.0 Å². The molecule has 126 valence electrons. The highest BCUT2D eigenvalue weighted by molar-refractivity contribution is 5.91. The number of hydrogen-bond donors (Lipinski definition) is 2. The van der Waals surface area contributed by atoms with Crippen molar-refractivity contribution in [1.29, 1.82) is 0 Å². The molecule has 1 amide bonds. The molecule has 2 atom stereocenters. The Balaban J connectivity index is 1.91. The molecule has 2 rings (SSSR count). The van der Waals surface area contributed by atoms with Crippen LogP contribution in [-0.4, -0.2) is 35.7 Å². The molecular weight excluding hydrogens is 294 g/mol. The molecule has 1 aromatic carbocycles. The number of amides is 1. The fourth-order valence-corrected chi connectivity index (χ4v) is 3.04. The smallest absolute Gasteiger partial charge is 0.335 e. The molecule has 1 saturated heterocycles. The van der Waals surface area contributed by atoms with E-state index in [1.165, 1.54) is 6.07 Å². The van der Waals surface area contributed by atoms with Crippen molar-refractivity contribution in [3.63, 3.8) is 0 Å². The summed E-state index contributed by atoms with van der Waals surface area (Å²) in [5, 5.41) is 12.2. The molecule has 5 heteroatoms. The van der Waals surface area contributed by atoms with E-state index in [1.54, 1.807) is 18.2 Å². The van der Waals surface area contributed by atoms with Crippen LogP contribution in [0.15, 0.2) is 24.3 Å². The molecule has 0 saturated carbocycles. The molecule has 0 radical (unpaired) electrons. The third-order valence-electron chi connectivity index (χ3n) is 4.07. The van der Waals surface area contributed by atoms with E-state index in [0.29, 0.717) is 18.1 Å². The van der Waals surface area contributed by atoms with Crippen molar-refractivity contribution < 1.29 is 19.4 Å². The lowest BCUT2D eigenvalue weighted by molar-refractivity contribution is -0.122. The van der Waals surface area contributed by atoms with Gasteiger partial charge in [0.05, 0.1) is 18.1 Å². The van der Waals surface area contributed by atoms with Gasteiger partial charge in [-0.1, -0.05) is 32.0 Å². The van der Waals surface area contributed by atoms with Crippen LogP contribution in [-0.2, 0) is 16.0 Å². The van der Waals surface area contributed by atoms with Gasteiger partial charge < -0.3 is 15.2 Å². The minimum Gasteiger partial charge on any atom is -0.478 e. The van der Waals surface area contributed by atoms with Crippen LogP contribution >= 0.6 is 0 Å². The zero-order valence-electron chi connectivity index (χ0n) is 13.7. The van der Waals surface area contributed by atoms with Crippen molar-refractivity contribution in [3.05, 3.63) is 35.4 Å². The SMILES string of the molecule is CC(C)CC1CC(NC(=O)Cc2ccccc2C(=O)O)CCO1. The van der Waals surface area contributed by atoms with Crippen molar-refractivity contribution in [3.8, 4) is 0 Å². The summed E-state index contributed by atoms with van der Waals surface area (Å²) in [4.78, 5) is 23.4. The highest BCUT2D eigenvalue weighted by Crippen LogP contribution is 2.20. The number of carbonyl (C=O) groups excluding carboxylic acids is 1. The number of hydrogen-bond acceptors (Lipinski definition) is 3. The zero-order chi connectivity index (χ0) is 16.8. The van der Waals surface area contributed by atoms with Crippen LogP contribution < -0.4 is 5.32 Å². The molecular formula is C18H25NO4. The van der Waals surface area contributed by atoms with Crippen LogP contribution in [0.25, 0.3) is 0 Å². The Hall–Kier alpha value is -1.88. The number of carboxylic acid groups (broad SMARTS) is 1. The molecule has 2 N–H and O–H groups in total. The van der Waals surface area contributed by atoms with Gasteiger partial charge in [-0.15, -0.1) is 0 Å². The van der Waals surface area contributed by atoms with Crippen LogP contribution in [0.5, 0.6) is 0 Å². The Kier molecular flexibility index (Phi) is 6.16. The van der Waals surface area contributed by atoms with Crippen molar-refractivity contribution in [2.45, 2.75) is 51.7 Å². The standard InChI is InChI=1S/C18H25NO4/c1-12(2)9-15-11-14(7-8-23-15)19-17(20)10-13-5-3-4-6-16(13)18(21)22/h3-6,12,14-15H,7-11H2,1-2H3,(H,19,20)(H,21,22). The Morgan fingerprint density at radius 1 is 1.35 bits per heavy atom. The van der Waals surface area contributed by atoms with E-state index >= 15 is 0 Å². The minimum absolute atomic E-state index is 0.0919. The van der Waals surface area contributed by atoms with Crippen molar-refractivity contribution >= 4 is 11.9 Å². The second-order valence-electron chi connectivity index (χ2n) is 6.55. The summed E-state index contributed by atoms with van der Waals surface area (Å²) in [5.41, 5.74) is 0.732. The molecule has 0 bridgehead atoms. The largest absolute Gasteiger partial charge is 0.478 e. The summed E-state index contributed by atoms with van der Waals surface area (Å²) in [7, 11) is 0. The van der Waals surface area contributed by atoms with Gasteiger partial charge in [-0.2, -0.15) is 0 Å². The van der Waals surface area contributed by atoms with Gasteiger partial charge in [0.25, 0.3) is 0 Å². The molecule has 1 aromatic rings. The first-order valence-electron chi connectivity index (χ1n) is 8.18. The van der Waals surface area contributed by atoms with E-state index < -0.39 is 5.97 Å². The molecule has 23 heavy (non-hydrogen) atoms. The predicted molar refractivity (Wildman–Crippen MR) is 87.5 cm³/mol. The van der Waals surface area contributed by atoms with Crippen LogP contribution in [0.4, 0.5) is 0 Å². The van der Waals surface area contributed by atoms with Crippen LogP contribution in [0.3, 0.4) is 0 Å². The summed E-state index contributed by atoms with van der Waals surface area (Å²) in [5.74, 6) is -0.567. The van der Waals surface area contributed by atoms with Crippen LogP contribution in [0, 0.1) is 5.92 Å². The second-order valence-corrected chi connectivity index (χ2v) is 6.55. The molecule has 2 unspecified atom stereocenters. The zero-order valence-corrected chi connectivity index (χ0v) is 13.7. The predicted octanol–water partition coefficient (Wildman–Crippen LogP) is 2.64. The third kappa shape index (κ3) is 5.36. The van der Waals surface area contributed by atoms with E-state index in [2.05, 4.69) is 19.2 Å². The fraction of sp³-hybridized carbons (Fsp3) is 0.556. The molecule has 0 spiro atoms. The average Bonchev–Trinajstić information content (AvgIpc) is 2.47. The lowest BCUT2D eigenvalue weighted by Gasteiger charge is -2.31. The summed E-state index contributed by atoms with van der Waals surface area (Å²) in [6.07, 6.45) is 2.91. The van der Waals surface area contributed by atoms with Gasteiger partial charge in [-0.25, -0.2) is 4.79 Å². The molecule has 1 aliphatic rings. The molecule has 5 nitrogen and oxygen atoms in total. The molecule has 1 fully saturated rings. The number of aromatic carboxylic acids is 1. The monoisotopic (exact) mass is 319 g/mol. The highest BCUT2D eigenvalue weighted by atomic mass is 16.5. The van der Waals surface area contributed by atoms with Gasteiger partial charge in [-0.05, 0) is 36.8 Å². The average molecular weight is 319 g/mol. The molecule has 0 aliphatic carbocycles. The molecule has 1 aliphatic heterocycles. The number of ether oxygens (including phenoxy) is 1. The van der Waals surface area contributed by atoms with Crippen molar-refractivity contribution in [1.82, 2.24) is 5.32 Å². The number of rotatable bonds is 6. The summed E-state index contributed by atoms with van der Waals surface area (Å²) in [6, 6.07) is 6.74. The minimum atomic E-state index is -1.00.